The van der Waals surface area contributed by atoms with E-state index < -0.39 is 0 Å². The second-order valence-corrected chi connectivity index (χ2v) is 6.26. The first-order chi connectivity index (χ1) is 11.7. The highest BCUT2D eigenvalue weighted by Gasteiger charge is 2.16. The first kappa shape index (κ1) is 16.2. The average molecular weight is 342 g/mol. The number of imidazole rings is 1. The Kier molecular flexibility index (Phi) is 4.61. The van der Waals surface area contributed by atoms with Crippen LogP contribution < -0.4 is 10.9 Å². The van der Waals surface area contributed by atoms with Crippen molar-refractivity contribution >= 4 is 22.9 Å². The molecule has 124 valence electrons. The summed E-state index contributed by atoms with van der Waals surface area (Å²) in [6, 6.07) is 3.89. The molecule has 0 saturated carbocycles. The number of hydrogen-bond donors (Lipinski definition) is 1. The molecule has 0 aliphatic rings. The lowest BCUT2D eigenvalue weighted by molar-refractivity contribution is 0.0949. The number of nitrogens with zero attached hydrogens (tertiary/aromatic N) is 3. The number of amides is 1. The molecule has 0 radical (unpaired) electrons. The van der Waals surface area contributed by atoms with E-state index in [2.05, 4.69) is 16.9 Å². The molecule has 0 fully saturated rings. The minimum absolute atomic E-state index is 0.235. The van der Waals surface area contributed by atoms with Gasteiger partial charge < -0.3 is 5.32 Å². The number of hydrogen-bond acceptors (Lipinski definition) is 4. The van der Waals surface area contributed by atoms with E-state index in [1.807, 2.05) is 30.6 Å². The lowest BCUT2D eigenvalue weighted by atomic mass is 10.3. The lowest BCUT2D eigenvalue weighted by Gasteiger charge is -2.10. The molecule has 7 heteroatoms. The summed E-state index contributed by atoms with van der Waals surface area (Å²) in [4.78, 5) is 30.1. The molecule has 1 amide bonds. The molecular formula is C17H18N4O2S. The highest BCUT2D eigenvalue weighted by Crippen LogP contribution is 2.24. The summed E-state index contributed by atoms with van der Waals surface area (Å²) in [5, 5.41) is 4.73. The molecule has 0 saturated heterocycles. The SMILES string of the molecule is C=CCn1c(-c2cccs2)cn2cc(C(=O)NCCC)nc2c1=O. The Balaban J connectivity index is 2.15. The summed E-state index contributed by atoms with van der Waals surface area (Å²) in [5.74, 6) is -0.270. The van der Waals surface area contributed by atoms with Crippen molar-refractivity contribution in [3.63, 3.8) is 0 Å². The Labute approximate surface area is 143 Å². The molecule has 3 aromatic rings. The van der Waals surface area contributed by atoms with Gasteiger partial charge in [0.2, 0.25) is 5.65 Å². The summed E-state index contributed by atoms with van der Waals surface area (Å²) in [5.41, 5.74) is 1.02. The van der Waals surface area contributed by atoms with Gasteiger partial charge in [-0.05, 0) is 17.9 Å². The maximum absolute atomic E-state index is 12.8. The summed E-state index contributed by atoms with van der Waals surface area (Å²) in [6.45, 7) is 6.66. The zero-order chi connectivity index (χ0) is 17.1. The fourth-order valence-electron chi connectivity index (χ4n) is 2.45. The second-order valence-electron chi connectivity index (χ2n) is 5.31. The Morgan fingerprint density at radius 2 is 2.29 bits per heavy atom. The highest BCUT2D eigenvalue weighted by molar-refractivity contribution is 7.13. The maximum atomic E-state index is 12.8. The Hall–Kier alpha value is -2.67. The van der Waals surface area contributed by atoms with Gasteiger partial charge >= 0.3 is 0 Å². The van der Waals surface area contributed by atoms with E-state index in [1.165, 1.54) is 0 Å². The van der Waals surface area contributed by atoms with Gasteiger partial charge in [-0.3, -0.25) is 18.6 Å². The average Bonchev–Trinajstić information content (AvgIpc) is 3.24. The molecule has 0 bridgehead atoms. The maximum Gasteiger partial charge on any atom is 0.295 e. The molecule has 3 rings (SSSR count). The lowest BCUT2D eigenvalue weighted by Crippen LogP contribution is -2.25. The molecule has 1 N–H and O–H groups in total. The van der Waals surface area contributed by atoms with E-state index in [-0.39, 0.29) is 22.8 Å². The van der Waals surface area contributed by atoms with E-state index in [0.29, 0.717) is 13.1 Å². The Bertz CT molecular complexity index is 938. The minimum atomic E-state index is -0.270. The zero-order valence-corrected chi connectivity index (χ0v) is 14.2. The molecule has 0 unspecified atom stereocenters. The number of rotatable bonds is 6. The minimum Gasteiger partial charge on any atom is -0.351 e. The number of carbonyl (C=O) groups excluding carboxylic acids is 1. The van der Waals surface area contributed by atoms with E-state index in [9.17, 15) is 9.59 Å². The first-order valence-electron chi connectivity index (χ1n) is 7.71. The Morgan fingerprint density at radius 3 is 2.96 bits per heavy atom. The van der Waals surface area contributed by atoms with Crippen molar-refractivity contribution in [3.05, 3.63) is 58.6 Å². The van der Waals surface area contributed by atoms with Crippen molar-refractivity contribution in [3.8, 4) is 10.6 Å². The van der Waals surface area contributed by atoms with Crippen LogP contribution >= 0.6 is 11.3 Å². The molecule has 0 aliphatic heterocycles. The smallest absolute Gasteiger partial charge is 0.295 e. The predicted molar refractivity (Wildman–Crippen MR) is 95.6 cm³/mol. The summed E-state index contributed by atoms with van der Waals surface area (Å²) in [6.07, 6.45) is 5.94. The van der Waals surface area contributed by atoms with Crippen LogP contribution in [0.5, 0.6) is 0 Å². The molecule has 3 aromatic heterocycles. The third kappa shape index (κ3) is 2.90. The molecule has 24 heavy (non-hydrogen) atoms. The summed E-state index contributed by atoms with van der Waals surface area (Å²) in [7, 11) is 0. The van der Waals surface area contributed by atoms with Gasteiger partial charge in [0.05, 0.1) is 10.6 Å². The summed E-state index contributed by atoms with van der Waals surface area (Å²) >= 11 is 1.55. The van der Waals surface area contributed by atoms with Crippen molar-refractivity contribution in [2.45, 2.75) is 19.9 Å². The van der Waals surface area contributed by atoms with Crippen molar-refractivity contribution < 1.29 is 4.79 Å². The number of thiophene rings is 1. The van der Waals surface area contributed by atoms with Crippen LogP contribution in [0.3, 0.4) is 0 Å². The fourth-order valence-corrected chi connectivity index (χ4v) is 3.20. The second kappa shape index (κ2) is 6.84. The van der Waals surface area contributed by atoms with Gasteiger partial charge in [-0.25, -0.2) is 4.98 Å². The Morgan fingerprint density at radius 1 is 1.46 bits per heavy atom. The van der Waals surface area contributed by atoms with Gasteiger partial charge in [-0.1, -0.05) is 19.1 Å². The number of fused-ring (bicyclic) bond motifs is 1. The topological polar surface area (TPSA) is 68.4 Å². The van der Waals surface area contributed by atoms with Gasteiger partial charge in [0.15, 0.2) is 0 Å². The molecule has 6 nitrogen and oxygen atoms in total. The third-order valence-corrected chi connectivity index (χ3v) is 4.47. The van der Waals surface area contributed by atoms with Crippen LogP contribution in [0.1, 0.15) is 23.8 Å². The van der Waals surface area contributed by atoms with Gasteiger partial charge in [0.1, 0.15) is 5.69 Å². The van der Waals surface area contributed by atoms with Crippen molar-refractivity contribution in [1.29, 1.82) is 0 Å². The number of carbonyl (C=O) groups is 1. The molecule has 0 atom stereocenters. The van der Waals surface area contributed by atoms with Gasteiger partial charge in [0.25, 0.3) is 11.5 Å². The van der Waals surface area contributed by atoms with E-state index in [4.69, 9.17) is 0 Å². The predicted octanol–water partition coefficient (Wildman–Crippen LogP) is 2.55. The van der Waals surface area contributed by atoms with Crippen molar-refractivity contribution in [2.24, 2.45) is 0 Å². The molecule has 0 spiro atoms. The van der Waals surface area contributed by atoms with Gasteiger partial charge in [0, 0.05) is 25.5 Å². The van der Waals surface area contributed by atoms with Crippen LogP contribution in [0, 0.1) is 0 Å². The normalized spacial score (nSPS) is 10.9. The van der Waals surface area contributed by atoms with E-state index in [0.717, 1.165) is 17.0 Å². The van der Waals surface area contributed by atoms with E-state index >= 15 is 0 Å². The highest BCUT2D eigenvalue weighted by atomic mass is 32.1. The van der Waals surface area contributed by atoms with Crippen molar-refractivity contribution in [1.82, 2.24) is 19.3 Å². The van der Waals surface area contributed by atoms with Crippen LogP contribution in [0.15, 0.2) is 47.4 Å². The standard InChI is InChI=1S/C17H18N4O2S/c1-3-7-18-16(22)12-10-20-11-13(14-6-5-9-24-14)21(8-4-2)17(23)15(20)19-12/h4-6,9-11H,2-3,7-8H2,1H3,(H,18,22). The fraction of sp³-hybridized carbons (Fsp3) is 0.235. The summed E-state index contributed by atoms with van der Waals surface area (Å²) < 4.78 is 3.24. The van der Waals surface area contributed by atoms with Crippen LogP contribution in [-0.2, 0) is 6.54 Å². The van der Waals surface area contributed by atoms with Crippen LogP contribution in [-0.4, -0.2) is 26.4 Å². The molecular weight excluding hydrogens is 324 g/mol. The zero-order valence-electron chi connectivity index (χ0n) is 13.4. The first-order valence-corrected chi connectivity index (χ1v) is 8.59. The number of nitrogens with one attached hydrogen (secondary N) is 1. The molecule has 0 aromatic carbocycles. The van der Waals surface area contributed by atoms with Gasteiger partial charge in [-0.2, -0.15) is 0 Å². The number of aromatic nitrogens is 3. The third-order valence-electron chi connectivity index (χ3n) is 3.57. The quantitative estimate of drug-likeness (QED) is 0.700. The largest absolute Gasteiger partial charge is 0.351 e. The van der Waals surface area contributed by atoms with Crippen molar-refractivity contribution in [2.75, 3.05) is 6.54 Å². The molecule has 0 aliphatic carbocycles. The number of allylic oxidation sites excluding steroid dienone is 1. The van der Waals surface area contributed by atoms with Crippen LogP contribution in [0.2, 0.25) is 0 Å². The van der Waals surface area contributed by atoms with Crippen LogP contribution in [0.25, 0.3) is 16.2 Å². The molecule has 3 heterocycles. The monoisotopic (exact) mass is 342 g/mol. The van der Waals surface area contributed by atoms with Crippen LogP contribution in [0.4, 0.5) is 0 Å². The van der Waals surface area contributed by atoms with E-state index in [1.54, 1.807) is 32.6 Å². The van der Waals surface area contributed by atoms with Gasteiger partial charge in [-0.15, -0.1) is 17.9 Å².